The summed E-state index contributed by atoms with van der Waals surface area (Å²) in [5.41, 5.74) is 0.996. The first-order chi connectivity index (χ1) is 5.65. The Bertz CT molecular complexity index is 244. The number of aromatic nitrogens is 3. The lowest BCUT2D eigenvalue weighted by molar-refractivity contribution is 0.464. The predicted molar refractivity (Wildman–Crippen MR) is 52.4 cm³/mol. The molecule has 12 heavy (non-hydrogen) atoms. The topological polar surface area (TPSA) is 30.7 Å². The molecule has 0 bridgehead atoms. The molecule has 0 aromatic carbocycles. The van der Waals surface area contributed by atoms with Crippen molar-refractivity contribution in [2.24, 2.45) is 0 Å². The van der Waals surface area contributed by atoms with E-state index in [2.05, 4.69) is 40.1 Å². The van der Waals surface area contributed by atoms with Crippen molar-refractivity contribution < 1.29 is 0 Å². The van der Waals surface area contributed by atoms with E-state index in [1.165, 1.54) is 0 Å². The first-order valence-electron chi connectivity index (χ1n) is 4.21. The molecule has 0 radical (unpaired) electrons. The zero-order chi connectivity index (χ0) is 9.14. The standard InChI is InChI=1S/C8H14BrN3/c1-4-6(2)12-5-8(7(3)9)10-11-12/h5-7H,4H2,1-3H3. The van der Waals surface area contributed by atoms with Crippen LogP contribution in [0.3, 0.4) is 0 Å². The molecular weight excluding hydrogens is 218 g/mol. The fraction of sp³-hybridized carbons (Fsp3) is 0.750. The van der Waals surface area contributed by atoms with Gasteiger partial charge in [0.15, 0.2) is 0 Å². The van der Waals surface area contributed by atoms with E-state index in [-0.39, 0.29) is 4.83 Å². The number of nitrogens with zero attached hydrogens (tertiary/aromatic N) is 3. The molecule has 0 fully saturated rings. The lowest BCUT2D eigenvalue weighted by Gasteiger charge is -2.06. The summed E-state index contributed by atoms with van der Waals surface area (Å²) in [5, 5.41) is 8.10. The second-order valence-corrected chi connectivity index (χ2v) is 4.37. The van der Waals surface area contributed by atoms with Crippen LogP contribution in [0.15, 0.2) is 6.20 Å². The summed E-state index contributed by atoms with van der Waals surface area (Å²) in [5.74, 6) is 0. The maximum absolute atomic E-state index is 4.05. The van der Waals surface area contributed by atoms with Crippen molar-refractivity contribution in [3.63, 3.8) is 0 Å². The number of hydrogen-bond donors (Lipinski definition) is 0. The Labute approximate surface area is 81.3 Å². The zero-order valence-corrected chi connectivity index (χ0v) is 9.24. The van der Waals surface area contributed by atoms with Crippen LogP contribution in [0, 0.1) is 0 Å². The molecule has 0 aliphatic heterocycles. The summed E-state index contributed by atoms with van der Waals surface area (Å²) in [6.07, 6.45) is 3.08. The molecule has 3 nitrogen and oxygen atoms in total. The molecule has 0 aliphatic rings. The Balaban J connectivity index is 2.77. The van der Waals surface area contributed by atoms with Crippen molar-refractivity contribution in [1.29, 1.82) is 0 Å². The molecule has 0 spiro atoms. The van der Waals surface area contributed by atoms with Gasteiger partial charge in [-0.1, -0.05) is 28.1 Å². The fourth-order valence-electron chi connectivity index (χ4n) is 0.875. The van der Waals surface area contributed by atoms with Crippen molar-refractivity contribution in [1.82, 2.24) is 15.0 Å². The van der Waals surface area contributed by atoms with Crippen LogP contribution in [0.25, 0.3) is 0 Å². The van der Waals surface area contributed by atoms with Gasteiger partial charge in [0.25, 0.3) is 0 Å². The third-order valence-corrected chi connectivity index (χ3v) is 2.45. The van der Waals surface area contributed by atoms with Crippen LogP contribution in [0.4, 0.5) is 0 Å². The number of rotatable bonds is 3. The van der Waals surface area contributed by atoms with E-state index in [1.54, 1.807) is 0 Å². The lowest BCUT2D eigenvalue weighted by Crippen LogP contribution is -2.03. The summed E-state index contributed by atoms with van der Waals surface area (Å²) in [4.78, 5) is 0.287. The van der Waals surface area contributed by atoms with Gasteiger partial charge < -0.3 is 0 Å². The van der Waals surface area contributed by atoms with Gasteiger partial charge in [-0.15, -0.1) is 5.10 Å². The van der Waals surface area contributed by atoms with Crippen molar-refractivity contribution in [2.45, 2.75) is 38.1 Å². The lowest BCUT2D eigenvalue weighted by atomic mass is 10.3. The molecule has 2 atom stereocenters. The van der Waals surface area contributed by atoms with Crippen LogP contribution in [-0.4, -0.2) is 15.0 Å². The highest BCUT2D eigenvalue weighted by molar-refractivity contribution is 9.09. The number of halogens is 1. The van der Waals surface area contributed by atoms with Crippen LogP contribution < -0.4 is 0 Å². The SMILES string of the molecule is CCC(C)n1cc(C(C)Br)nn1. The molecule has 1 rings (SSSR count). The first kappa shape index (κ1) is 9.71. The Morgan fingerprint density at radius 3 is 2.67 bits per heavy atom. The molecule has 2 unspecified atom stereocenters. The highest BCUT2D eigenvalue weighted by atomic mass is 79.9. The minimum Gasteiger partial charge on any atom is -0.249 e. The molecule has 0 N–H and O–H groups in total. The minimum absolute atomic E-state index is 0.287. The third-order valence-electron chi connectivity index (χ3n) is 1.98. The average molecular weight is 232 g/mol. The molecule has 1 aromatic heterocycles. The van der Waals surface area contributed by atoms with E-state index in [9.17, 15) is 0 Å². The Hall–Kier alpha value is -0.380. The second-order valence-electron chi connectivity index (χ2n) is 3.00. The van der Waals surface area contributed by atoms with Gasteiger partial charge in [-0.2, -0.15) is 0 Å². The van der Waals surface area contributed by atoms with Crippen LogP contribution in [0.2, 0.25) is 0 Å². The van der Waals surface area contributed by atoms with Gasteiger partial charge in [0.1, 0.15) is 0 Å². The fourth-order valence-corrected chi connectivity index (χ4v) is 1.08. The second kappa shape index (κ2) is 4.03. The zero-order valence-electron chi connectivity index (χ0n) is 7.66. The Morgan fingerprint density at radius 1 is 1.58 bits per heavy atom. The molecule has 0 saturated heterocycles. The summed E-state index contributed by atoms with van der Waals surface area (Å²) < 4.78 is 1.91. The maximum atomic E-state index is 4.05. The predicted octanol–water partition coefficient (Wildman–Crippen LogP) is 2.71. The quantitative estimate of drug-likeness (QED) is 0.750. The van der Waals surface area contributed by atoms with Gasteiger partial charge in [-0.05, 0) is 20.3 Å². The van der Waals surface area contributed by atoms with Crippen molar-refractivity contribution in [3.05, 3.63) is 11.9 Å². The van der Waals surface area contributed by atoms with Crippen molar-refractivity contribution in [2.75, 3.05) is 0 Å². The van der Waals surface area contributed by atoms with Crippen LogP contribution in [0.1, 0.15) is 43.8 Å². The summed E-state index contributed by atoms with van der Waals surface area (Å²) in [7, 11) is 0. The largest absolute Gasteiger partial charge is 0.249 e. The van der Waals surface area contributed by atoms with Crippen LogP contribution >= 0.6 is 15.9 Å². The summed E-state index contributed by atoms with van der Waals surface area (Å²) in [6.45, 7) is 6.33. The third kappa shape index (κ3) is 2.06. The molecule has 0 saturated carbocycles. The van der Waals surface area contributed by atoms with Gasteiger partial charge >= 0.3 is 0 Å². The van der Waals surface area contributed by atoms with Crippen LogP contribution in [0.5, 0.6) is 0 Å². The molecule has 1 aromatic rings. The minimum atomic E-state index is 0.287. The first-order valence-corrected chi connectivity index (χ1v) is 5.12. The van der Waals surface area contributed by atoms with E-state index in [0.29, 0.717) is 6.04 Å². The van der Waals surface area contributed by atoms with E-state index in [1.807, 2.05) is 17.8 Å². The van der Waals surface area contributed by atoms with Crippen LogP contribution in [-0.2, 0) is 0 Å². The monoisotopic (exact) mass is 231 g/mol. The van der Waals surface area contributed by atoms with E-state index in [0.717, 1.165) is 12.1 Å². The highest BCUT2D eigenvalue weighted by Gasteiger charge is 2.08. The number of alkyl halides is 1. The molecule has 68 valence electrons. The van der Waals surface area contributed by atoms with Gasteiger partial charge in [-0.3, -0.25) is 0 Å². The van der Waals surface area contributed by atoms with Gasteiger partial charge in [0.05, 0.1) is 16.6 Å². The smallest absolute Gasteiger partial charge is 0.0960 e. The highest BCUT2D eigenvalue weighted by Crippen LogP contribution is 2.19. The van der Waals surface area contributed by atoms with Crippen molar-refractivity contribution >= 4 is 15.9 Å². The molecule has 0 aliphatic carbocycles. The van der Waals surface area contributed by atoms with Gasteiger partial charge in [0.2, 0.25) is 0 Å². The average Bonchev–Trinajstić information content (AvgIpc) is 2.51. The number of hydrogen-bond acceptors (Lipinski definition) is 2. The van der Waals surface area contributed by atoms with E-state index in [4.69, 9.17) is 0 Å². The van der Waals surface area contributed by atoms with Gasteiger partial charge in [-0.25, -0.2) is 4.68 Å². The van der Waals surface area contributed by atoms with E-state index >= 15 is 0 Å². The van der Waals surface area contributed by atoms with E-state index < -0.39 is 0 Å². The molecule has 1 heterocycles. The maximum Gasteiger partial charge on any atom is 0.0960 e. The summed E-state index contributed by atoms with van der Waals surface area (Å²) in [6, 6.07) is 0.442. The Morgan fingerprint density at radius 2 is 2.25 bits per heavy atom. The Kier molecular flexibility index (Phi) is 3.26. The molecule has 4 heteroatoms. The molecule has 0 amide bonds. The van der Waals surface area contributed by atoms with Crippen molar-refractivity contribution in [3.8, 4) is 0 Å². The molecular formula is C8H14BrN3. The summed E-state index contributed by atoms with van der Waals surface area (Å²) >= 11 is 3.45. The van der Waals surface area contributed by atoms with Gasteiger partial charge in [0, 0.05) is 6.20 Å². The normalized spacial score (nSPS) is 16.0.